The van der Waals surface area contributed by atoms with Gasteiger partial charge < -0.3 is 4.42 Å². The Kier molecular flexibility index (Phi) is 3.97. The van der Waals surface area contributed by atoms with Gasteiger partial charge in [-0.3, -0.25) is 0 Å². The van der Waals surface area contributed by atoms with Crippen LogP contribution in [0.4, 0.5) is 4.39 Å². The van der Waals surface area contributed by atoms with E-state index >= 15 is 0 Å². The minimum Gasteiger partial charge on any atom is -0.460 e. The summed E-state index contributed by atoms with van der Waals surface area (Å²) < 4.78 is 19.3. The molecule has 0 fully saturated rings. The molecule has 3 nitrogen and oxygen atoms in total. The summed E-state index contributed by atoms with van der Waals surface area (Å²) in [7, 11) is 0. The van der Waals surface area contributed by atoms with Crippen molar-refractivity contribution in [2.75, 3.05) is 0 Å². The fourth-order valence-electron chi connectivity index (χ4n) is 1.84. The monoisotopic (exact) mass is 386 g/mol. The van der Waals surface area contributed by atoms with Gasteiger partial charge in [0.1, 0.15) is 16.1 Å². The molecule has 0 aliphatic rings. The maximum atomic E-state index is 13.3. The van der Waals surface area contributed by atoms with Crippen molar-refractivity contribution < 1.29 is 8.81 Å². The Balaban J connectivity index is 2.15. The van der Waals surface area contributed by atoms with E-state index in [0.717, 1.165) is 0 Å². The zero-order chi connectivity index (χ0) is 15.0. The summed E-state index contributed by atoms with van der Waals surface area (Å²) >= 11 is 15.7. The number of benzene rings is 1. The van der Waals surface area contributed by atoms with Gasteiger partial charge in [-0.2, -0.15) is 0 Å². The molecule has 7 heteroatoms. The summed E-state index contributed by atoms with van der Waals surface area (Å²) in [6.45, 7) is 0. The SMILES string of the molecule is Fc1cccc(-c2c(Cl)nc(-c3occc3Br)nc2Cl)c1. The van der Waals surface area contributed by atoms with Gasteiger partial charge in [-0.15, -0.1) is 0 Å². The Hall–Kier alpha value is -1.43. The molecule has 2 heterocycles. The summed E-state index contributed by atoms with van der Waals surface area (Å²) in [5.74, 6) is 0.282. The average molecular weight is 388 g/mol. The molecule has 21 heavy (non-hydrogen) atoms. The van der Waals surface area contributed by atoms with E-state index in [4.69, 9.17) is 27.6 Å². The van der Waals surface area contributed by atoms with Crippen molar-refractivity contribution in [1.29, 1.82) is 0 Å². The van der Waals surface area contributed by atoms with Gasteiger partial charge in [0.2, 0.25) is 0 Å². The number of hydrogen-bond acceptors (Lipinski definition) is 3. The zero-order valence-corrected chi connectivity index (χ0v) is 13.4. The Morgan fingerprint density at radius 1 is 1.10 bits per heavy atom. The molecule has 0 spiro atoms. The lowest BCUT2D eigenvalue weighted by molar-refractivity contribution is 0.576. The Morgan fingerprint density at radius 3 is 2.38 bits per heavy atom. The Morgan fingerprint density at radius 2 is 1.81 bits per heavy atom. The summed E-state index contributed by atoms with van der Waals surface area (Å²) in [6.07, 6.45) is 1.49. The average Bonchev–Trinajstić information content (AvgIpc) is 2.84. The molecule has 0 atom stereocenters. The van der Waals surface area contributed by atoms with E-state index < -0.39 is 5.82 Å². The molecule has 0 bridgehead atoms. The van der Waals surface area contributed by atoms with Crippen LogP contribution in [-0.2, 0) is 0 Å². The highest BCUT2D eigenvalue weighted by Crippen LogP contribution is 2.36. The normalized spacial score (nSPS) is 10.9. The van der Waals surface area contributed by atoms with Gasteiger partial charge in [0.25, 0.3) is 0 Å². The van der Waals surface area contributed by atoms with Crippen LogP contribution in [0.15, 0.2) is 45.5 Å². The molecule has 0 amide bonds. The van der Waals surface area contributed by atoms with E-state index in [9.17, 15) is 4.39 Å². The molecule has 3 rings (SSSR count). The summed E-state index contributed by atoms with van der Waals surface area (Å²) in [5, 5.41) is 0.248. The molecule has 2 aromatic heterocycles. The van der Waals surface area contributed by atoms with Gasteiger partial charge in [-0.05, 0) is 39.7 Å². The van der Waals surface area contributed by atoms with Crippen molar-refractivity contribution in [2.45, 2.75) is 0 Å². The van der Waals surface area contributed by atoms with Crippen LogP contribution < -0.4 is 0 Å². The molecule has 0 N–H and O–H groups in total. The van der Waals surface area contributed by atoms with Crippen LogP contribution in [0.2, 0.25) is 10.3 Å². The Bertz CT molecular complexity index is 799. The molecule has 0 aliphatic heterocycles. The molecule has 0 saturated heterocycles. The van der Waals surface area contributed by atoms with Gasteiger partial charge in [0.05, 0.1) is 16.3 Å². The Labute approximate surface area is 137 Å². The second kappa shape index (κ2) is 5.75. The lowest BCUT2D eigenvalue weighted by Gasteiger charge is -2.08. The van der Waals surface area contributed by atoms with E-state index in [0.29, 0.717) is 21.4 Å². The predicted octanol–water partition coefficient (Wildman–Crippen LogP) is 5.61. The second-order valence-corrected chi connectivity index (χ2v) is 5.68. The number of rotatable bonds is 2. The molecule has 1 aromatic carbocycles. The molecule has 3 aromatic rings. The van der Waals surface area contributed by atoms with E-state index in [1.165, 1.54) is 18.4 Å². The number of aromatic nitrogens is 2. The highest BCUT2D eigenvalue weighted by Gasteiger charge is 2.18. The van der Waals surface area contributed by atoms with Crippen molar-refractivity contribution >= 4 is 39.1 Å². The van der Waals surface area contributed by atoms with Crippen LogP contribution in [0.1, 0.15) is 0 Å². The number of hydrogen-bond donors (Lipinski definition) is 0. The maximum absolute atomic E-state index is 13.3. The van der Waals surface area contributed by atoms with Crippen LogP contribution in [-0.4, -0.2) is 9.97 Å². The molecular formula is C14H6BrCl2FN2O. The lowest BCUT2D eigenvalue weighted by Crippen LogP contribution is -1.94. The first kappa shape index (κ1) is 14.5. The highest BCUT2D eigenvalue weighted by atomic mass is 79.9. The smallest absolute Gasteiger partial charge is 0.199 e. The van der Waals surface area contributed by atoms with Crippen LogP contribution in [0.25, 0.3) is 22.7 Å². The van der Waals surface area contributed by atoms with Crippen molar-refractivity contribution in [1.82, 2.24) is 9.97 Å². The van der Waals surface area contributed by atoms with E-state index in [1.54, 1.807) is 18.2 Å². The van der Waals surface area contributed by atoms with Crippen molar-refractivity contribution in [3.63, 3.8) is 0 Å². The van der Waals surface area contributed by atoms with Crippen LogP contribution in [0.5, 0.6) is 0 Å². The fraction of sp³-hybridized carbons (Fsp3) is 0. The third kappa shape index (κ3) is 2.81. The number of furan rings is 1. The van der Waals surface area contributed by atoms with Gasteiger partial charge >= 0.3 is 0 Å². The minimum absolute atomic E-state index is 0.124. The van der Waals surface area contributed by atoms with Gasteiger partial charge in [-0.1, -0.05) is 35.3 Å². The highest BCUT2D eigenvalue weighted by molar-refractivity contribution is 9.10. The molecular weight excluding hydrogens is 382 g/mol. The first-order valence-corrected chi connectivity index (χ1v) is 7.33. The van der Waals surface area contributed by atoms with Gasteiger partial charge in [-0.25, -0.2) is 14.4 Å². The first-order valence-electron chi connectivity index (χ1n) is 5.78. The molecule has 0 aliphatic carbocycles. The zero-order valence-electron chi connectivity index (χ0n) is 10.3. The number of nitrogens with zero attached hydrogens (tertiary/aromatic N) is 2. The topological polar surface area (TPSA) is 38.9 Å². The number of halogens is 4. The van der Waals surface area contributed by atoms with Crippen LogP contribution >= 0.6 is 39.1 Å². The van der Waals surface area contributed by atoms with Crippen molar-refractivity contribution in [3.05, 3.63) is 57.2 Å². The molecule has 0 unspecified atom stereocenters. The predicted molar refractivity (Wildman–Crippen MR) is 82.8 cm³/mol. The largest absolute Gasteiger partial charge is 0.460 e. The molecule has 0 radical (unpaired) electrons. The molecule has 0 saturated carbocycles. The summed E-state index contributed by atoms with van der Waals surface area (Å²) in [6, 6.07) is 7.61. The van der Waals surface area contributed by atoms with E-state index in [1.807, 2.05) is 0 Å². The first-order chi connectivity index (χ1) is 10.1. The summed E-state index contributed by atoms with van der Waals surface area (Å²) in [5.41, 5.74) is 0.888. The van der Waals surface area contributed by atoms with Crippen molar-refractivity contribution in [2.24, 2.45) is 0 Å². The van der Waals surface area contributed by atoms with E-state index in [-0.39, 0.29) is 16.1 Å². The lowest BCUT2D eigenvalue weighted by atomic mass is 10.1. The fourth-order valence-corrected chi connectivity index (χ4v) is 2.83. The second-order valence-electron chi connectivity index (χ2n) is 4.11. The van der Waals surface area contributed by atoms with Gasteiger partial charge in [0, 0.05) is 0 Å². The minimum atomic E-state index is -0.391. The summed E-state index contributed by atoms with van der Waals surface area (Å²) in [4.78, 5) is 8.33. The van der Waals surface area contributed by atoms with Gasteiger partial charge in [0.15, 0.2) is 11.6 Å². The van der Waals surface area contributed by atoms with Crippen LogP contribution in [0, 0.1) is 5.82 Å². The van der Waals surface area contributed by atoms with Crippen molar-refractivity contribution in [3.8, 4) is 22.7 Å². The quantitative estimate of drug-likeness (QED) is 0.536. The van der Waals surface area contributed by atoms with Crippen LogP contribution in [0.3, 0.4) is 0 Å². The molecule has 106 valence electrons. The standard InChI is InChI=1S/C14H6BrCl2FN2O/c15-9-4-5-21-11(9)14-19-12(16)10(13(17)20-14)7-2-1-3-8(18)6-7/h1-6H. The van der Waals surface area contributed by atoms with E-state index in [2.05, 4.69) is 25.9 Å². The maximum Gasteiger partial charge on any atom is 0.199 e. The third-order valence-corrected chi connectivity index (χ3v) is 3.93. The third-order valence-electron chi connectivity index (χ3n) is 2.75.